The molecular weight excluding hydrogens is 192 g/mol. The number of rotatable bonds is 6. The summed E-state index contributed by atoms with van der Waals surface area (Å²) in [6.07, 6.45) is 2.95. The Morgan fingerprint density at radius 3 is 2.80 bits per heavy atom. The standard InChI is InChI=1S/C10H20N4O/c1-5-15-8(2)10(11-3)6-9-7-14(4)13-12-9/h7-8,10-11H,5-6H2,1-4H3. The minimum absolute atomic E-state index is 0.182. The third kappa shape index (κ3) is 3.60. The predicted molar refractivity (Wildman–Crippen MR) is 58.6 cm³/mol. The number of hydrogen-bond donors (Lipinski definition) is 1. The molecule has 1 heterocycles. The Bertz CT molecular complexity index is 287. The third-order valence-electron chi connectivity index (χ3n) is 2.45. The summed E-state index contributed by atoms with van der Waals surface area (Å²) in [5.41, 5.74) is 0.989. The summed E-state index contributed by atoms with van der Waals surface area (Å²) >= 11 is 0. The predicted octanol–water partition coefficient (Wildman–Crippen LogP) is 0.371. The van der Waals surface area contributed by atoms with Crippen LogP contribution in [0.25, 0.3) is 0 Å². The van der Waals surface area contributed by atoms with Crippen LogP contribution < -0.4 is 5.32 Å². The van der Waals surface area contributed by atoms with E-state index in [9.17, 15) is 0 Å². The first kappa shape index (κ1) is 12.1. The lowest BCUT2D eigenvalue weighted by Crippen LogP contribution is -2.39. The van der Waals surface area contributed by atoms with Crippen molar-refractivity contribution in [2.45, 2.75) is 32.4 Å². The lowest BCUT2D eigenvalue weighted by atomic mass is 10.1. The molecule has 5 nitrogen and oxygen atoms in total. The van der Waals surface area contributed by atoms with E-state index in [2.05, 4.69) is 22.6 Å². The molecule has 0 aliphatic heterocycles. The Kier molecular flexibility index (Phi) is 4.71. The van der Waals surface area contributed by atoms with Crippen LogP contribution in [0.2, 0.25) is 0 Å². The van der Waals surface area contributed by atoms with Crippen LogP contribution in [-0.2, 0) is 18.2 Å². The van der Waals surface area contributed by atoms with Gasteiger partial charge in [-0.1, -0.05) is 5.21 Å². The van der Waals surface area contributed by atoms with E-state index < -0.39 is 0 Å². The van der Waals surface area contributed by atoms with Crippen LogP contribution in [-0.4, -0.2) is 40.8 Å². The van der Waals surface area contributed by atoms with Gasteiger partial charge >= 0.3 is 0 Å². The monoisotopic (exact) mass is 212 g/mol. The van der Waals surface area contributed by atoms with Gasteiger partial charge in [-0.05, 0) is 20.9 Å². The van der Waals surface area contributed by atoms with Crippen molar-refractivity contribution in [3.63, 3.8) is 0 Å². The van der Waals surface area contributed by atoms with Gasteiger partial charge in [-0.25, -0.2) is 0 Å². The highest BCUT2D eigenvalue weighted by Crippen LogP contribution is 2.05. The second-order valence-corrected chi connectivity index (χ2v) is 3.64. The van der Waals surface area contributed by atoms with Gasteiger partial charge in [-0.3, -0.25) is 4.68 Å². The summed E-state index contributed by atoms with van der Waals surface area (Å²) in [5.74, 6) is 0. The highest BCUT2D eigenvalue weighted by Gasteiger charge is 2.17. The lowest BCUT2D eigenvalue weighted by molar-refractivity contribution is 0.0494. The molecule has 0 aromatic carbocycles. The molecule has 1 aromatic rings. The van der Waals surface area contributed by atoms with Crippen LogP contribution in [0, 0.1) is 0 Å². The van der Waals surface area contributed by atoms with Crippen LogP contribution in [0.1, 0.15) is 19.5 Å². The average Bonchev–Trinajstić information content (AvgIpc) is 2.61. The number of ether oxygens (including phenoxy) is 1. The normalized spacial score (nSPS) is 15.2. The number of aryl methyl sites for hydroxylation is 1. The van der Waals surface area contributed by atoms with Gasteiger partial charge in [0.2, 0.25) is 0 Å². The van der Waals surface area contributed by atoms with Crippen LogP contribution in [0.4, 0.5) is 0 Å². The summed E-state index contributed by atoms with van der Waals surface area (Å²) in [5, 5.41) is 11.2. The van der Waals surface area contributed by atoms with Crippen molar-refractivity contribution in [1.29, 1.82) is 0 Å². The summed E-state index contributed by atoms with van der Waals surface area (Å²) in [4.78, 5) is 0. The minimum atomic E-state index is 0.182. The number of likely N-dealkylation sites (N-methyl/N-ethyl adjacent to an activating group) is 1. The maximum Gasteiger partial charge on any atom is 0.0843 e. The maximum atomic E-state index is 5.56. The van der Waals surface area contributed by atoms with E-state index in [0.29, 0.717) is 0 Å². The van der Waals surface area contributed by atoms with E-state index in [1.54, 1.807) is 4.68 Å². The Balaban J connectivity index is 2.53. The molecular formula is C10H20N4O. The molecule has 0 aliphatic rings. The van der Waals surface area contributed by atoms with Crippen molar-refractivity contribution in [2.75, 3.05) is 13.7 Å². The number of hydrogen-bond acceptors (Lipinski definition) is 4. The van der Waals surface area contributed by atoms with Crippen LogP contribution in [0.5, 0.6) is 0 Å². The van der Waals surface area contributed by atoms with E-state index in [4.69, 9.17) is 4.74 Å². The van der Waals surface area contributed by atoms with Crippen LogP contribution in [0.3, 0.4) is 0 Å². The Hall–Kier alpha value is -0.940. The average molecular weight is 212 g/mol. The number of nitrogens with zero attached hydrogens (tertiary/aromatic N) is 3. The summed E-state index contributed by atoms with van der Waals surface area (Å²) < 4.78 is 7.27. The van der Waals surface area contributed by atoms with Crippen molar-refractivity contribution in [3.05, 3.63) is 11.9 Å². The first-order valence-electron chi connectivity index (χ1n) is 5.31. The molecule has 0 saturated heterocycles. The Labute approximate surface area is 90.8 Å². The van der Waals surface area contributed by atoms with E-state index >= 15 is 0 Å². The van der Waals surface area contributed by atoms with Crippen molar-refractivity contribution in [1.82, 2.24) is 20.3 Å². The van der Waals surface area contributed by atoms with Gasteiger partial charge in [0, 0.05) is 32.3 Å². The first-order valence-corrected chi connectivity index (χ1v) is 5.31. The van der Waals surface area contributed by atoms with E-state index in [1.165, 1.54) is 0 Å². The number of aromatic nitrogens is 3. The van der Waals surface area contributed by atoms with Gasteiger partial charge in [0.1, 0.15) is 0 Å². The molecule has 0 radical (unpaired) electrons. The molecule has 0 spiro atoms. The second-order valence-electron chi connectivity index (χ2n) is 3.64. The second kappa shape index (κ2) is 5.82. The summed E-state index contributed by atoms with van der Waals surface area (Å²) in [6, 6.07) is 0.279. The fraction of sp³-hybridized carbons (Fsp3) is 0.800. The zero-order valence-corrected chi connectivity index (χ0v) is 9.90. The van der Waals surface area contributed by atoms with Crippen LogP contribution in [0.15, 0.2) is 6.20 Å². The molecule has 0 amide bonds. The van der Waals surface area contributed by atoms with Gasteiger partial charge in [-0.15, -0.1) is 5.10 Å². The lowest BCUT2D eigenvalue weighted by Gasteiger charge is -2.22. The highest BCUT2D eigenvalue weighted by atomic mass is 16.5. The molecule has 1 rings (SSSR count). The van der Waals surface area contributed by atoms with Gasteiger partial charge in [0.15, 0.2) is 0 Å². The fourth-order valence-corrected chi connectivity index (χ4v) is 1.60. The summed E-state index contributed by atoms with van der Waals surface area (Å²) in [6.45, 7) is 4.81. The molecule has 2 atom stereocenters. The van der Waals surface area contributed by atoms with E-state index in [-0.39, 0.29) is 12.1 Å². The zero-order valence-electron chi connectivity index (χ0n) is 9.90. The molecule has 86 valence electrons. The number of nitrogens with one attached hydrogen (secondary N) is 1. The molecule has 0 fully saturated rings. The van der Waals surface area contributed by atoms with Crippen LogP contribution >= 0.6 is 0 Å². The molecule has 15 heavy (non-hydrogen) atoms. The Morgan fingerprint density at radius 2 is 2.33 bits per heavy atom. The topological polar surface area (TPSA) is 52.0 Å². The largest absolute Gasteiger partial charge is 0.377 e. The van der Waals surface area contributed by atoms with E-state index in [1.807, 2.05) is 27.2 Å². The quantitative estimate of drug-likeness (QED) is 0.740. The maximum absolute atomic E-state index is 5.56. The third-order valence-corrected chi connectivity index (χ3v) is 2.45. The van der Waals surface area contributed by atoms with Gasteiger partial charge in [0.05, 0.1) is 11.8 Å². The van der Waals surface area contributed by atoms with Gasteiger partial charge < -0.3 is 10.1 Å². The van der Waals surface area contributed by atoms with Crippen molar-refractivity contribution < 1.29 is 4.74 Å². The van der Waals surface area contributed by atoms with Gasteiger partial charge in [-0.2, -0.15) is 0 Å². The Morgan fingerprint density at radius 1 is 1.60 bits per heavy atom. The molecule has 0 saturated carbocycles. The fourth-order valence-electron chi connectivity index (χ4n) is 1.60. The van der Waals surface area contributed by atoms with E-state index in [0.717, 1.165) is 18.7 Å². The molecule has 5 heteroatoms. The van der Waals surface area contributed by atoms with Crippen molar-refractivity contribution in [3.8, 4) is 0 Å². The minimum Gasteiger partial charge on any atom is -0.377 e. The van der Waals surface area contributed by atoms with Crippen molar-refractivity contribution in [2.24, 2.45) is 7.05 Å². The SMILES string of the molecule is CCOC(C)C(Cc1cn(C)nn1)NC. The molecule has 0 bridgehead atoms. The molecule has 2 unspecified atom stereocenters. The van der Waals surface area contributed by atoms with Gasteiger partial charge in [0.25, 0.3) is 0 Å². The highest BCUT2D eigenvalue weighted by molar-refractivity contribution is 4.97. The van der Waals surface area contributed by atoms with Crippen molar-refractivity contribution >= 4 is 0 Å². The first-order chi connectivity index (χ1) is 7.17. The molecule has 1 aromatic heterocycles. The zero-order chi connectivity index (χ0) is 11.3. The smallest absolute Gasteiger partial charge is 0.0843 e. The summed E-state index contributed by atoms with van der Waals surface area (Å²) in [7, 11) is 3.81. The molecule has 0 aliphatic carbocycles. The molecule has 1 N–H and O–H groups in total.